The van der Waals surface area contributed by atoms with E-state index in [1.165, 1.54) is 5.56 Å². The number of fused-ring (bicyclic) bond motifs is 1. The number of aromatic nitrogens is 2. The van der Waals surface area contributed by atoms with Crippen molar-refractivity contribution in [2.45, 2.75) is 26.4 Å². The minimum Gasteiger partial charge on any atom is -0.497 e. The van der Waals surface area contributed by atoms with Gasteiger partial charge in [0, 0.05) is 44.8 Å². The number of aryl methyl sites for hydroxylation is 2. The Morgan fingerprint density at radius 2 is 2.03 bits per heavy atom. The van der Waals surface area contributed by atoms with Gasteiger partial charge in [0.05, 0.1) is 18.1 Å². The minimum absolute atomic E-state index is 0.0868. The fourth-order valence-corrected chi connectivity index (χ4v) is 4.13. The first kappa shape index (κ1) is 19.5. The summed E-state index contributed by atoms with van der Waals surface area (Å²) in [5, 5.41) is 0. The van der Waals surface area contributed by atoms with Crippen molar-refractivity contribution in [3.8, 4) is 5.75 Å². The van der Waals surface area contributed by atoms with Crippen molar-refractivity contribution < 1.29 is 9.53 Å². The lowest BCUT2D eigenvalue weighted by atomic mass is 10.1. The molecule has 29 heavy (non-hydrogen) atoms. The topological polar surface area (TPSA) is 50.6 Å². The quantitative estimate of drug-likeness (QED) is 0.684. The highest BCUT2D eigenvalue weighted by atomic mass is 16.5. The van der Waals surface area contributed by atoms with Crippen molar-refractivity contribution >= 4 is 16.9 Å². The van der Waals surface area contributed by atoms with Crippen LogP contribution >= 0.6 is 0 Å². The molecule has 6 heteroatoms. The number of imidazole rings is 1. The van der Waals surface area contributed by atoms with Gasteiger partial charge in [-0.15, -0.1) is 0 Å². The van der Waals surface area contributed by atoms with Crippen LogP contribution in [0.15, 0.2) is 42.5 Å². The minimum atomic E-state index is 0.0868. The molecule has 4 rings (SSSR count). The Morgan fingerprint density at radius 3 is 2.79 bits per heavy atom. The van der Waals surface area contributed by atoms with Crippen LogP contribution in [0.5, 0.6) is 5.75 Å². The van der Waals surface area contributed by atoms with Gasteiger partial charge < -0.3 is 14.2 Å². The van der Waals surface area contributed by atoms with E-state index in [9.17, 15) is 4.79 Å². The zero-order chi connectivity index (χ0) is 20.5. The highest BCUT2D eigenvalue weighted by Crippen LogP contribution is 2.21. The first-order valence-corrected chi connectivity index (χ1v) is 10.1. The third-order valence-electron chi connectivity index (χ3n) is 5.86. The van der Waals surface area contributed by atoms with E-state index in [-0.39, 0.29) is 11.9 Å². The van der Waals surface area contributed by atoms with Gasteiger partial charge >= 0.3 is 0 Å². The second kappa shape index (κ2) is 7.87. The maximum absolute atomic E-state index is 13.2. The van der Waals surface area contributed by atoms with E-state index in [1.807, 2.05) is 53.8 Å². The smallest absolute Gasteiger partial charge is 0.254 e. The second-order valence-electron chi connectivity index (χ2n) is 7.86. The molecule has 6 nitrogen and oxygen atoms in total. The molecule has 0 radical (unpaired) electrons. The number of benzene rings is 2. The van der Waals surface area contributed by atoms with E-state index in [2.05, 4.69) is 28.9 Å². The maximum Gasteiger partial charge on any atom is 0.254 e. The number of hydrogen-bond acceptors (Lipinski definition) is 4. The van der Waals surface area contributed by atoms with Crippen LogP contribution < -0.4 is 4.74 Å². The van der Waals surface area contributed by atoms with Crippen molar-refractivity contribution in [3.05, 3.63) is 59.4 Å². The Bertz CT molecular complexity index is 1040. The lowest BCUT2D eigenvalue weighted by Gasteiger charge is -2.40. The lowest BCUT2D eigenvalue weighted by Crippen LogP contribution is -2.53. The summed E-state index contributed by atoms with van der Waals surface area (Å²) in [6.07, 6.45) is 0. The number of ether oxygens (including phenoxy) is 1. The van der Waals surface area contributed by atoms with Gasteiger partial charge in [-0.1, -0.05) is 12.1 Å². The van der Waals surface area contributed by atoms with Gasteiger partial charge in [-0.05, 0) is 49.7 Å². The summed E-state index contributed by atoms with van der Waals surface area (Å²) in [7, 11) is 3.69. The number of amides is 1. The van der Waals surface area contributed by atoms with E-state index >= 15 is 0 Å². The molecule has 0 spiro atoms. The summed E-state index contributed by atoms with van der Waals surface area (Å²) >= 11 is 0. The van der Waals surface area contributed by atoms with Crippen LogP contribution in [0.4, 0.5) is 0 Å². The van der Waals surface area contributed by atoms with Gasteiger partial charge in [-0.25, -0.2) is 4.98 Å². The SMILES string of the molecule is COc1cccc(CN2CCN(C(=O)c3ccc4c(c3)nc(C)n4C)[C@@H](C)C2)c1. The molecule has 3 aromatic rings. The molecule has 0 N–H and O–H groups in total. The molecule has 1 atom stereocenters. The summed E-state index contributed by atoms with van der Waals surface area (Å²) in [6.45, 7) is 7.41. The molecule has 1 saturated heterocycles. The van der Waals surface area contributed by atoms with E-state index in [1.54, 1.807) is 7.11 Å². The Morgan fingerprint density at radius 1 is 1.21 bits per heavy atom. The van der Waals surface area contributed by atoms with E-state index in [4.69, 9.17) is 4.74 Å². The molecule has 2 aromatic carbocycles. The fourth-order valence-electron chi connectivity index (χ4n) is 4.13. The average molecular weight is 393 g/mol. The molecule has 1 aliphatic heterocycles. The molecule has 0 saturated carbocycles. The first-order valence-electron chi connectivity index (χ1n) is 10.1. The molecular formula is C23H28N4O2. The van der Waals surface area contributed by atoms with Gasteiger partial charge in [0.1, 0.15) is 11.6 Å². The number of piperazine rings is 1. The fraction of sp³-hybridized carbons (Fsp3) is 0.391. The molecule has 1 fully saturated rings. The van der Waals surface area contributed by atoms with Crippen LogP contribution in [0, 0.1) is 6.92 Å². The number of methoxy groups -OCH3 is 1. The van der Waals surface area contributed by atoms with Crippen molar-refractivity contribution in [3.63, 3.8) is 0 Å². The molecule has 1 aliphatic rings. The summed E-state index contributed by atoms with van der Waals surface area (Å²) in [6, 6.07) is 14.2. The summed E-state index contributed by atoms with van der Waals surface area (Å²) in [5.74, 6) is 1.91. The van der Waals surface area contributed by atoms with E-state index < -0.39 is 0 Å². The molecule has 0 bridgehead atoms. The van der Waals surface area contributed by atoms with Crippen LogP contribution in [0.25, 0.3) is 11.0 Å². The number of hydrogen-bond donors (Lipinski definition) is 0. The molecule has 2 heterocycles. The zero-order valence-corrected chi connectivity index (χ0v) is 17.6. The largest absolute Gasteiger partial charge is 0.497 e. The predicted molar refractivity (Wildman–Crippen MR) is 114 cm³/mol. The van der Waals surface area contributed by atoms with Crippen LogP contribution in [0.1, 0.15) is 28.7 Å². The predicted octanol–water partition coefficient (Wildman–Crippen LogP) is 3.24. The molecule has 152 valence electrons. The highest BCUT2D eigenvalue weighted by Gasteiger charge is 2.28. The van der Waals surface area contributed by atoms with Gasteiger partial charge in [0.15, 0.2) is 0 Å². The number of carbonyl (C=O) groups excluding carboxylic acids is 1. The average Bonchev–Trinajstić information content (AvgIpc) is 3.01. The summed E-state index contributed by atoms with van der Waals surface area (Å²) < 4.78 is 7.37. The third-order valence-corrected chi connectivity index (χ3v) is 5.86. The van der Waals surface area contributed by atoms with Crippen molar-refractivity contribution in [2.24, 2.45) is 7.05 Å². The Kier molecular flexibility index (Phi) is 5.28. The van der Waals surface area contributed by atoms with Crippen LogP contribution in [0.3, 0.4) is 0 Å². The monoisotopic (exact) mass is 392 g/mol. The number of nitrogens with zero attached hydrogens (tertiary/aromatic N) is 4. The molecular weight excluding hydrogens is 364 g/mol. The van der Waals surface area contributed by atoms with Gasteiger partial charge in [0.25, 0.3) is 5.91 Å². The Hall–Kier alpha value is -2.86. The first-order chi connectivity index (χ1) is 14.0. The molecule has 0 aliphatic carbocycles. The summed E-state index contributed by atoms with van der Waals surface area (Å²) in [4.78, 5) is 22.1. The summed E-state index contributed by atoms with van der Waals surface area (Å²) in [5.41, 5.74) is 3.87. The van der Waals surface area contributed by atoms with Crippen molar-refractivity contribution in [1.82, 2.24) is 19.4 Å². The third kappa shape index (κ3) is 3.85. The van der Waals surface area contributed by atoms with Gasteiger partial charge in [-0.2, -0.15) is 0 Å². The van der Waals surface area contributed by atoms with E-state index in [0.29, 0.717) is 5.56 Å². The van der Waals surface area contributed by atoms with Crippen LogP contribution in [-0.4, -0.2) is 58.0 Å². The standard InChI is InChI=1S/C23H28N4O2/c1-16-14-26(15-18-6-5-7-20(12-18)29-4)10-11-27(16)23(28)19-8-9-22-21(13-19)24-17(2)25(22)3/h5-9,12-13,16H,10-11,14-15H2,1-4H3/t16-/m0/s1. The van der Waals surface area contributed by atoms with Crippen molar-refractivity contribution in [2.75, 3.05) is 26.7 Å². The van der Waals surface area contributed by atoms with Gasteiger partial charge in [-0.3, -0.25) is 9.69 Å². The Labute approximate surface area is 171 Å². The lowest BCUT2D eigenvalue weighted by molar-refractivity contribution is 0.0475. The molecule has 1 amide bonds. The number of rotatable bonds is 4. The zero-order valence-electron chi connectivity index (χ0n) is 17.6. The van der Waals surface area contributed by atoms with Crippen LogP contribution in [-0.2, 0) is 13.6 Å². The van der Waals surface area contributed by atoms with Crippen LogP contribution in [0.2, 0.25) is 0 Å². The van der Waals surface area contributed by atoms with Crippen molar-refractivity contribution in [1.29, 1.82) is 0 Å². The molecule has 1 aromatic heterocycles. The molecule has 0 unspecified atom stereocenters. The van der Waals surface area contributed by atoms with E-state index in [0.717, 1.165) is 48.8 Å². The maximum atomic E-state index is 13.2. The highest BCUT2D eigenvalue weighted by molar-refractivity contribution is 5.97. The Balaban J connectivity index is 1.44. The normalized spacial score (nSPS) is 17.7. The number of carbonyl (C=O) groups is 1. The second-order valence-corrected chi connectivity index (χ2v) is 7.86. The van der Waals surface area contributed by atoms with Gasteiger partial charge in [0.2, 0.25) is 0 Å².